The number of benzene rings is 1. The number of halogens is 3. The van der Waals surface area contributed by atoms with Crippen LogP contribution in [0.1, 0.15) is 24.5 Å². The molecule has 2 heterocycles. The van der Waals surface area contributed by atoms with Crippen LogP contribution in [0, 0.1) is 0 Å². The molecule has 0 aliphatic carbocycles. The Labute approximate surface area is 196 Å². The molecule has 0 spiro atoms. The predicted octanol–water partition coefficient (Wildman–Crippen LogP) is 3.68. The van der Waals surface area contributed by atoms with Crippen molar-refractivity contribution in [1.82, 2.24) is 15.6 Å². The number of nitrogens with one attached hydrogen (secondary N) is 2. The molecule has 2 aromatic rings. The van der Waals surface area contributed by atoms with E-state index in [2.05, 4.69) is 25.3 Å². The molecule has 1 aliphatic rings. The molecule has 1 aromatic heterocycles. The Hall–Kier alpha value is -2.57. The van der Waals surface area contributed by atoms with Gasteiger partial charge in [-0.25, -0.2) is 4.98 Å². The van der Waals surface area contributed by atoms with Crippen molar-refractivity contribution in [1.29, 1.82) is 0 Å². The van der Waals surface area contributed by atoms with Crippen LogP contribution in [0.15, 0.2) is 35.5 Å². The second kappa shape index (κ2) is 12.3. The van der Waals surface area contributed by atoms with Crippen LogP contribution >= 0.6 is 24.0 Å². The van der Waals surface area contributed by atoms with Crippen molar-refractivity contribution < 1.29 is 27.7 Å². The van der Waals surface area contributed by atoms with Crippen LogP contribution < -0.4 is 29.6 Å². The molecule has 0 unspecified atom stereocenters. The number of aliphatic imine (C=N–C) groups is 1. The van der Waals surface area contributed by atoms with E-state index >= 15 is 0 Å². The molecule has 0 atom stereocenters. The summed E-state index contributed by atoms with van der Waals surface area (Å²) in [6.45, 7) is 0.298. The minimum atomic E-state index is -2.95. The first kappa shape index (κ1) is 24.7. The monoisotopic (exact) mass is 550 g/mol. The number of guanidine groups is 1. The number of hydrogen-bond acceptors (Lipinski definition) is 6. The number of alkyl halides is 2. The highest BCUT2D eigenvalue weighted by Gasteiger charge is 2.20. The molecule has 0 bridgehead atoms. The van der Waals surface area contributed by atoms with E-state index in [1.54, 1.807) is 19.3 Å². The molecule has 1 aromatic carbocycles. The van der Waals surface area contributed by atoms with Crippen molar-refractivity contribution in [3.8, 4) is 23.1 Å². The lowest BCUT2D eigenvalue weighted by Crippen LogP contribution is -2.36. The number of nitrogens with zero attached hydrogens (tertiary/aromatic N) is 2. The van der Waals surface area contributed by atoms with Crippen LogP contribution in [0.25, 0.3) is 0 Å². The van der Waals surface area contributed by atoms with E-state index in [1.807, 2.05) is 19.1 Å². The van der Waals surface area contributed by atoms with E-state index < -0.39 is 6.61 Å². The van der Waals surface area contributed by atoms with Crippen molar-refractivity contribution >= 4 is 29.9 Å². The maximum absolute atomic E-state index is 12.8. The fourth-order valence-corrected chi connectivity index (χ4v) is 2.78. The number of fused-ring (bicyclic) bond motifs is 1. The van der Waals surface area contributed by atoms with Crippen LogP contribution in [-0.4, -0.2) is 38.0 Å². The largest absolute Gasteiger partial charge is 0.477 e. The van der Waals surface area contributed by atoms with Gasteiger partial charge in [-0.1, -0.05) is 13.0 Å². The molecular formula is C20H25F2IN4O4. The fraction of sp³-hybridized carbons (Fsp3) is 0.400. The van der Waals surface area contributed by atoms with Gasteiger partial charge in [0.15, 0.2) is 17.5 Å². The van der Waals surface area contributed by atoms with Crippen LogP contribution in [0.5, 0.6) is 23.1 Å². The molecule has 2 N–H and O–H groups in total. The lowest BCUT2D eigenvalue weighted by atomic mass is 10.1. The normalized spacial score (nSPS) is 12.4. The fourth-order valence-electron chi connectivity index (χ4n) is 2.78. The summed E-state index contributed by atoms with van der Waals surface area (Å²) in [5, 5.41) is 6.24. The summed E-state index contributed by atoms with van der Waals surface area (Å²) in [4.78, 5) is 8.41. The highest BCUT2D eigenvalue weighted by molar-refractivity contribution is 14.0. The van der Waals surface area contributed by atoms with Gasteiger partial charge in [0.1, 0.15) is 5.75 Å². The summed E-state index contributed by atoms with van der Waals surface area (Å²) in [7, 11) is 1.61. The quantitative estimate of drug-likeness (QED) is 0.280. The Kier molecular flexibility index (Phi) is 9.82. The number of ether oxygens (including phenoxy) is 4. The van der Waals surface area contributed by atoms with Gasteiger partial charge in [-0.3, -0.25) is 4.99 Å². The first-order chi connectivity index (χ1) is 14.6. The molecule has 11 heteroatoms. The zero-order valence-electron chi connectivity index (χ0n) is 17.2. The zero-order valence-corrected chi connectivity index (χ0v) is 19.5. The molecule has 1 aliphatic heterocycles. The second-order valence-corrected chi connectivity index (χ2v) is 6.29. The van der Waals surface area contributed by atoms with Crippen LogP contribution in [0.4, 0.5) is 8.78 Å². The Balaban J connectivity index is 0.00000341. The smallest absolute Gasteiger partial charge is 0.387 e. The summed E-state index contributed by atoms with van der Waals surface area (Å²) < 4.78 is 46.4. The van der Waals surface area contributed by atoms with Crippen molar-refractivity contribution in [3.05, 3.63) is 41.6 Å². The first-order valence-corrected chi connectivity index (χ1v) is 9.49. The highest BCUT2D eigenvalue weighted by Crippen LogP contribution is 2.38. The third kappa shape index (κ3) is 6.97. The summed E-state index contributed by atoms with van der Waals surface area (Å²) in [5.74, 6) is 1.89. The van der Waals surface area contributed by atoms with E-state index in [0.29, 0.717) is 42.1 Å². The summed E-state index contributed by atoms with van der Waals surface area (Å²) in [6, 6.07) is 6.74. The Morgan fingerprint density at radius 2 is 1.90 bits per heavy atom. The highest BCUT2D eigenvalue weighted by atomic mass is 127. The third-order valence-corrected chi connectivity index (χ3v) is 4.18. The van der Waals surface area contributed by atoms with Crippen molar-refractivity contribution in [2.24, 2.45) is 4.99 Å². The first-order valence-electron chi connectivity index (χ1n) is 9.49. The zero-order chi connectivity index (χ0) is 21.3. The predicted molar refractivity (Wildman–Crippen MR) is 122 cm³/mol. The molecule has 170 valence electrons. The van der Waals surface area contributed by atoms with E-state index in [4.69, 9.17) is 14.2 Å². The number of hydrogen-bond donors (Lipinski definition) is 2. The van der Waals surface area contributed by atoms with Gasteiger partial charge in [0.25, 0.3) is 0 Å². The molecule has 8 nitrogen and oxygen atoms in total. The van der Waals surface area contributed by atoms with Crippen molar-refractivity contribution in [2.75, 3.05) is 20.4 Å². The molecule has 3 rings (SSSR count). The lowest BCUT2D eigenvalue weighted by molar-refractivity contribution is -0.0505. The summed E-state index contributed by atoms with van der Waals surface area (Å²) >= 11 is 0. The van der Waals surface area contributed by atoms with Gasteiger partial charge in [-0.15, -0.1) is 24.0 Å². The Bertz CT molecular complexity index is 886. The van der Waals surface area contributed by atoms with Gasteiger partial charge in [-0.2, -0.15) is 8.78 Å². The van der Waals surface area contributed by atoms with Crippen LogP contribution in [-0.2, 0) is 13.1 Å². The molecule has 0 radical (unpaired) electrons. The average Bonchev–Trinajstić information content (AvgIpc) is 3.19. The molecule has 0 saturated carbocycles. The third-order valence-electron chi connectivity index (χ3n) is 4.18. The van der Waals surface area contributed by atoms with Gasteiger partial charge in [0.2, 0.25) is 12.7 Å². The molecule has 0 saturated heterocycles. The Morgan fingerprint density at radius 3 is 2.58 bits per heavy atom. The van der Waals surface area contributed by atoms with E-state index in [-0.39, 0.29) is 43.1 Å². The Morgan fingerprint density at radius 1 is 1.19 bits per heavy atom. The van der Waals surface area contributed by atoms with E-state index in [1.165, 1.54) is 6.07 Å². The van der Waals surface area contributed by atoms with Gasteiger partial charge < -0.3 is 29.6 Å². The van der Waals surface area contributed by atoms with Gasteiger partial charge in [-0.05, 0) is 18.6 Å². The average molecular weight is 550 g/mol. The number of pyridine rings is 1. The van der Waals surface area contributed by atoms with Gasteiger partial charge in [0, 0.05) is 43.5 Å². The standard InChI is InChI=1S/C20H24F2N4O4.HI/c1-3-7-27-18-13(5-4-6-24-18)10-25-20(23-2)26-11-14-8-16-17(29-12-28-16)9-15(14)30-19(21)22;/h4-6,8-9,19H,3,7,10-12H2,1-2H3,(H2,23,25,26);1H. The second-order valence-electron chi connectivity index (χ2n) is 6.29. The van der Waals surface area contributed by atoms with Gasteiger partial charge in [0.05, 0.1) is 6.61 Å². The van der Waals surface area contributed by atoms with E-state index in [0.717, 1.165) is 12.0 Å². The number of rotatable bonds is 9. The molecular weight excluding hydrogens is 525 g/mol. The van der Waals surface area contributed by atoms with Crippen molar-refractivity contribution in [2.45, 2.75) is 33.0 Å². The van der Waals surface area contributed by atoms with Crippen LogP contribution in [0.2, 0.25) is 0 Å². The molecule has 0 fully saturated rings. The van der Waals surface area contributed by atoms with Crippen molar-refractivity contribution in [3.63, 3.8) is 0 Å². The summed E-state index contributed by atoms with van der Waals surface area (Å²) in [6.07, 6.45) is 2.55. The minimum absolute atomic E-state index is 0. The number of aromatic nitrogens is 1. The lowest BCUT2D eigenvalue weighted by Gasteiger charge is -2.16. The molecule has 31 heavy (non-hydrogen) atoms. The maximum atomic E-state index is 12.8. The maximum Gasteiger partial charge on any atom is 0.387 e. The van der Waals surface area contributed by atoms with Gasteiger partial charge >= 0.3 is 6.61 Å². The SMILES string of the molecule is CCCOc1ncccc1CNC(=NC)NCc1cc2c(cc1OC(F)F)OCO2.I. The molecule has 0 amide bonds. The topological polar surface area (TPSA) is 86.2 Å². The summed E-state index contributed by atoms with van der Waals surface area (Å²) in [5.41, 5.74) is 1.36. The van der Waals surface area contributed by atoms with E-state index in [9.17, 15) is 8.78 Å². The van der Waals surface area contributed by atoms with Crippen LogP contribution in [0.3, 0.4) is 0 Å². The minimum Gasteiger partial charge on any atom is -0.477 e.